The first-order valence-electron chi connectivity index (χ1n) is 7.55. The van der Waals surface area contributed by atoms with Crippen LogP contribution in [0.2, 0.25) is 0 Å². The van der Waals surface area contributed by atoms with Gasteiger partial charge >= 0.3 is 0 Å². The summed E-state index contributed by atoms with van der Waals surface area (Å²) < 4.78 is 0. The molecule has 0 heterocycles. The van der Waals surface area contributed by atoms with Crippen molar-refractivity contribution < 1.29 is 0 Å². The second-order valence-electron chi connectivity index (χ2n) is 6.13. The summed E-state index contributed by atoms with van der Waals surface area (Å²) in [6, 6.07) is 1.60. The van der Waals surface area contributed by atoms with E-state index >= 15 is 0 Å². The quantitative estimate of drug-likeness (QED) is 0.756. The summed E-state index contributed by atoms with van der Waals surface area (Å²) in [5.41, 5.74) is 0. The lowest BCUT2D eigenvalue weighted by atomic mass is 9.84. The molecule has 0 unspecified atom stereocenters. The first-order chi connectivity index (χ1) is 7.79. The summed E-state index contributed by atoms with van der Waals surface area (Å²) in [6.45, 7) is 4.77. The third-order valence-electron chi connectivity index (χ3n) is 5.03. The van der Waals surface area contributed by atoms with Crippen molar-refractivity contribution >= 4 is 0 Å². The fourth-order valence-corrected chi connectivity index (χ4v) is 3.70. The SMILES string of the molecule is CCC1CCC(N[C@@H](C)C2CCCC2)CC1. The smallest absolute Gasteiger partial charge is 0.00698 e. The summed E-state index contributed by atoms with van der Waals surface area (Å²) >= 11 is 0. The Hall–Kier alpha value is -0.0400. The zero-order chi connectivity index (χ0) is 11.4. The second-order valence-corrected chi connectivity index (χ2v) is 6.13. The van der Waals surface area contributed by atoms with Gasteiger partial charge in [-0.25, -0.2) is 0 Å². The molecule has 1 nitrogen and oxygen atoms in total. The van der Waals surface area contributed by atoms with E-state index in [1.165, 1.54) is 57.8 Å². The van der Waals surface area contributed by atoms with Crippen LogP contribution < -0.4 is 5.32 Å². The van der Waals surface area contributed by atoms with Crippen molar-refractivity contribution in [2.24, 2.45) is 11.8 Å². The molecule has 1 heteroatoms. The molecule has 0 aliphatic heterocycles. The fraction of sp³-hybridized carbons (Fsp3) is 1.00. The van der Waals surface area contributed by atoms with Crippen molar-refractivity contribution in [1.82, 2.24) is 5.32 Å². The minimum absolute atomic E-state index is 0.769. The lowest BCUT2D eigenvalue weighted by Gasteiger charge is -2.32. The lowest BCUT2D eigenvalue weighted by molar-refractivity contribution is 0.249. The Kier molecular flexibility index (Phi) is 4.69. The molecule has 0 amide bonds. The number of nitrogens with one attached hydrogen (secondary N) is 1. The Morgan fingerprint density at radius 2 is 1.62 bits per heavy atom. The molecular formula is C15H29N. The molecule has 0 aromatic carbocycles. The minimum atomic E-state index is 0.769. The molecule has 0 saturated heterocycles. The van der Waals surface area contributed by atoms with Gasteiger partial charge in [-0.05, 0) is 57.3 Å². The van der Waals surface area contributed by atoms with Gasteiger partial charge in [-0.15, -0.1) is 0 Å². The third-order valence-corrected chi connectivity index (χ3v) is 5.03. The van der Waals surface area contributed by atoms with E-state index in [-0.39, 0.29) is 0 Å². The monoisotopic (exact) mass is 223 g/mol. The maximum Gasteiger partial charge on any atom is 0.00698 e. The van der Waals surface area contributed by atoms with Crippen LogP contribution in [0.4, 0.5) is 0 Å². The van der Waals surface area contributed by atoms with Gasteiger partial charge in [0, 0.05) is 12.1 Å². The summed E-state index contributed by atoms with van der Waals surface area (Å²) in [5.74, 6) is 2.00. The molecule has 16 heavy (non-hydrogen) atoms. The van der Waals surface area contributed by atoms with E-state index in [1.807, 2.05) is 0 Å². The molecule has 2 aliphatic rings. The van der Waals surface area contributed by atoms with Crippen molar-refractivity contribution in [1.29, 1.82) is 0 Å². The highest BCUT2D eigenvalue weighted by molar-refractivity contribution is 4.83. The number of hydrogen-bond acceptors (Lipinski definition) is 1. The Bertz CT molecular complexity index is 188. The largest absolute Gasteiger partial charge is 0.311 e. The van der Waals surface area contributed by atoms with Crippen LogP contribution in [-0.2, 0) is 0 Å². The first kappa shape index (κ1) is 12.4. The minimum Gasteiger partial charge on any atom is -0.311 e. The average Bonchev–Trinajstić information content (AvgIpc) is 2.83. The highest BCUT2D eigenvalue weighted by Gasteiger charge is 2.25. The molecule has 2 fully saturated rings. The van der Waals surface area contributed by atoms with Crippen molar-refractivity contribution in [3.63, 3.8) is 0 Å². The van der Waals surface area contributed by atoms with Crippen molar-refractivity contribution in [3.8, 4) is 0 Å². The normalized spacial score (nSPS) is 34.1. The number of rotatable bonds is 4. The van der Waals surface area contributed by atoms with Crippen LogP contribution in [0.3, 0.4) is 0 Å². The Balaban J connectivity index is 1.69. The Morgan fingerprint density at radius 3 is 2.19 bits per heavy atom. The van der Waals surface area contributed by atoms with E-state index in [2.05, 4.69) is 19.2 Å². The fourth-order valence-electron chi connectivity index (χ4n) is 3.70. The van der Waals surface area contributed by atoms with Gasteiger partial charge in [-0.1, -0.05) is 26.2 Å². The van der Waals surface area contributed by atoms with Gasteiger partial charge in [0.15, 0.2) is 0 Å². The predicted octanol–water partition coefficient (Wildman–Crippen LogP) is 4.12. The molecule has 2 rings (SSSR count). The molecule has 0 radical (unpaired) electrons. The zero-order valence-electron chi connectivity index (χ0n) is 11.2. The lowest BCUT2D eigenvalue weighted by Crippen LogP contribution is -2.42. The molecule has 0 aromatic heterocycles. The molecule has 0 bridgehead atoms. The molecule has 94 valence electrons. The summed E-state index contributed by atoms with van der Waals surface area (Å²) in [4.78, 5) is 0. The van der Waals surface area contributed by atoms with Gasteiger partial charge in [-0.3, -0.25) is 0 Å². The van der Waals surface area contributed by atoms with E-state index < -0.39 is 0 Å². The molecule has 2 saturated carbocycles. The Morgan fingerprint density at radius 1 is 1.00 bits per heavy atom. The highest BCUT2D eigenvalue weighted by atomic mass is 15.0. The van der Waals surface area contributed by atoms with Crippen molar-refractivity contribution in [2.75, 3.05) is 0 Å². The molecule has 0 spiro atoms. The highest BCUT2D eigenvalue weighted by Crippen LogP contribution is 2.30. The van der Waals surface area contributed by atoms with Crippen LogP contribution in [0.15, 0.2) is 0 Å². The maximum absolute atomic E-state index is 3.91. The van der Waals surface area contributed by atoms with Gasteiger partial charge in [-0.2, -0.15) is 0 Å². The average molecular weight is 223 g/mol. The number of hydrogen-bond donors (Lipinski definition) is 1. The van der Waals surface area contributed by atoms with Crippen LogP contribution in [0.25, 0.3) is 0 Å². The van der Waals surface area contributed by atoms with E-state index in [9.17, 15) is 0 Å². The van der Waals surface area contributed by atoms with Crippen LogP contribution in [0, 0.1) is 11.8 Å². The van der Waals surface area contributed by atoms with E-state index in [0.717, 1.165) is 23.9 Å². The van der Waals surface area contributed by atoms with Crippen LogP contribution in [-0.4, -0.2) is 12.1 Å². The van der Waals surface area contributed by atoms with E-state index in [0.29, 0.717) is 0 Å². The van der Waals surface area contributed by atoms with Gasteiger partial charge in [0.2, 0.25) is 0 Å². The topological polar surface area (TPSA) is 12.0 Å². The van der Waals surface area contributed by atoms with Gasteiger partial charge in [0.05, 0.1) is 0 Å². The second kappa shape index (κ2) is 6.05. The van der Waals surface area contributed by atoms with Crippen molar-refractivity contribution in [2.45, 2.75) is 83.7 Å². The summed E-state index contributed by atoms with van der Waals surface area (Å²) in [7, 11) is 0. The van der Waals surface area contributed by atoms with Crippen LogP contribution in [0.1, 0.15) is 71.6 Å². The summed E-state index contributed by atoms with van der Waals surface area (Å²) in [5, 5.41) is 3.91. The molecule has 2 aliphatic carbocycles. The molecule has 1 N–H and O–H groups in total. The summed E-state index contributed by atoms with van der Waals surface area (Å²) in [6.07, 6.45) is 13.1. The van der Waals surface area contributed by atoms with Gasteiger partial charge < -0.3 is 5.32 Å². The van der Waals surface area contributed by atoms with Crippen molar-refractivity contribution in [3.05, 3.63) is 0 Å². The van der Waals surface area contributed by atoms with Crippen LogP contribution >= 0.6 is 0 Å². The van der Waals surface area contributed by atoms with Gasteiger partial charge in [0.25, 0.3) is 0 Å². The first-order valence-corrected chi connectivity index (χ1v) is 7.55. The van der Waals surface area contributed by atoms with Crippen LogP contribution in [0.5, 0.6) is 0 Å². The molecular weight excluding hydrogens is 194 g/mol. The third kappa shape index (κ3) is 3.23. The zero-order valence-corrected chi connectivity index (χ0v) is 11.2. The molecule has 0 aromatic rings. The molecule has 1 atom stereocenters. The maximum atomic E-state index is 3.91. The van der Waals surface area contributed by atoms with Gasteiger partial charge in [0.1, 0.15) is 0 Å². The predicted molar refractivity (Wildman–Crippen MR) is 70.6 cm³/mol. The van der Waals surface area contributed by atoms with E-state index in [1.54, 1.807) is 0 Å². The Labute approximate surface area is 101 Å². The standard InChI is InChI=1S/C15H29N/c1-3-13-8-10-15(11-9-13)16-12(2)14-6-4-5-7-14/h12-16H,3-11H2,1-2H3/t12-,13?,15?/m0/s1. The van der Waals surface area contributed by atoms with E-state index in [4.69, 9.17) is 0 Å².